The van der Waals surface area contributed by atoms with Gasteiger partial charge in [0.1, 0.15) is 0 Å². The Morgan fingerprint density at radius 3 is 2.68 bits per heavy atom. The smallest absolute Gasteiger partial charge is 0.243 e. The molecule has 0 aromatic heterocycles. The molecule has 1 amide bonds. The maximum absolute atomic E-state index is 12.2. The van der Waals surface area contributed by atoms with E-state index in [2.05, 4.69) is 5.32 Å². The van der Waals surface area contributed by atoms with Crippen molar-refractivity contribution in [3.05, 3.63) is 24.3 Å². The highest BCUT2D eigenvalue weighted by Gasteiger charge is 2.22. The van der Waals surface area contributed by atoms with E-state index in [4.69, 9.17) is 5.73 Å². The molecule has 0 saturated heterocycles. The van der Waals surface area contributed by atoms with Crippen LogP contribution in [0.25, 0.3) is 0 Å². The van der Waals surface area contributed by atoms with Gasteiger partial charge < -0.3 is 11.1 Å². The molecule has 6 nitrogen and oxygen atoms in total. The van der Waals surface area contributed by atoms with Crippen molar-refractivity contribution in [2.75, 3.05) is 25.9 Å². The summed E-state index contributed by atoms with van der Waals surface area (Å²) in [5.74, 6) is -0.322. The van der Waals surface area contributed by atoms with Crippen molar-refractivity contribution in [1.29, 1.82) is 0 Å². The molecule has 0 heterocycles. The van der Waals surface area contributed by atoms with E-state index >= 15 is 0 Å². The number of nitrogens with one attached hydrogen (secondary N) is 1. The molecule has 0 bridgehead atoms. The molecule has 0 unspecified atom stereocenters. The first-order valence-corrected chi connectivity index (χ1v) is 7.40. The second-order valence-electron chi connectivity index (χ2n) is 4.18. The molecule has 0 radical (unpaired) electrons. The highest BCUT2D eigenvalue weighted by Crippen LogP contribution is 2.16. The number of amides is 1. The predicted octanol–water partition coefficient (Wildman–Crippen LogP) is 0.416. The van der Waals surface area contributed by atoms with E-state index in [1.807, 2.05) is 6.92 Å². The standard InChI is InChI=1S/C12H19N3O3S/c1-3-7-14-12(16)9-15(2)19(17,18)11-6-4-5-10(13)8-11/h4-6,8H,3,7,9,13H2,1-2H3,(H,14,16). The van der Waals surface area contributed by atoms with Crippen molar-refractivity contribution in [3.8, 4) is 0 Å². The van der Waals surface area contributed by atoms with Gasteiger partial charge in [-0.05, 0) is 24.6 Å². The van der Waals surface area contributed by atoms with Crippen molar-refractivity contribution in [2.45, 2.75) is 18.2 Å². The van der Waals surface area contributed by atoms with Crippen LogP contribution in [0.2, 0.25) is 0 Å². The van der Waals surface area contributed by atoms with Crippen LogP contribution >= 0.6 is 0 Å². The number of hydrogen-bond donors (Lipinski definition) is 2. The Balaban J connectivity index is 2.80. The average Bonchev–Trinajstić information content (AvgIpc) is 2.36. The summed E-state index contributed by atoms with van der Waals surface area (Å²) < 4.78 is 25.4. The highest BCUT2D eigenvalue weighted by molar-refractivity contribution is 7.89. The number of nitrogens with two attached hydrogens (primary N) is 1. The van der Waals surface area contributed by atoms with Crippen LogP contribution in [-0.4, -0.2) is 38.8 Å². The first-order valence-electron chi connectivity index (χ1n) is 5.96. The van der Waals surface area contributed by atoms with E-state index in [-0.39, 0.29) is 17.3 Å². The fourth-order valence-electron chi connectivity index (χ4n) is 1.46. The summed E-state index contributed by atoms with van der Waals surface area (Å²) in [4.78, 5) is 11.6. The lowest BCUT2D eigenvalue weighted by Crippen LogP contribution is -2.38. The van der Waals surface area contributed by atoms with Crippen molar-refractivity contribution in [1.82, 2.24) is 9.62 Å². The minimum absolute atomic E-state index is 0.0818. The fourth-order valence-corrected chi connectivity index (χ4v) is 2.65. The monoisotopic (exact) mass is 285 g/mol. The number of carbonyl (C=O) groups is 1. The maximum Gasteiger partial charge on any atom is 0.243 e. The van der Waals surface area contributed by atoms with Gasteiger partial charge >= 0.3 is 0 Å². The molecule has 0 fully saturated rings. The van der Waals surface area contributed by atoms with E-state index in [1.54, 1.807) is 12.1 Å². The first-order chi connectivity index (χ1) is 8.87. The van der Waals surface area contributed by atoms with E-state index in [1.165, 1.54) is 19.2 Å². The van der Waals surface area contributed by atoms with Gasteiger partial charge in [0, 0.05) is 19.3 Å². The Kier molecular flexibility index (Phi) is 5.31. The molecule has 106 valence electrons. The van der Waals surface area contributed by atoms with Crippen molar-refractivity contribution < 1.29 is 13.2 Å². The number of hydrogen-bond acceptors (Lipinski definition) is 4. The number of sulfonamides is 1. The molecular weight excluding hydrogens is 266 g/mol. The molecular formula is C12H19N3O3S. The van der Waals surface area contributed by atoms with Gasteiger partial charge in [0.05, 0.1) is 11.4 Å². The summed E-state index contributed by atoms with van der Waals surface area (Å²) >= 11 is 0. The molecule has 0 saturated carbocycles. The van der Waals surface area contributed by atoms with Gasteiger partial charge in [0.15, 0.2) is 0 Å². The largest absolute Gasteiger partial charge is 0.399 e. The molecule has 0 aliphatic heterocycles. The van der Waals surface area contributed by atoms with Crippen LogP contribution in [0.4, 0.5) is 5.69 Å². The Bertz CT molecular complexity index is 543. The number of nitrogen functional groups attached to an aromatic ring is 1. The third-order valence-electron chi connectivity index (χ3n) is 2.50. The van der Waals surface area contributed by atoms with Gasteiger partial charge in [0.25, 0.3) is 0 Å². The molecule has 0 spiro atoms. The SMILES string of the molecule is CCCNC(=O)CN(C)S(=O)(=O)c1cccc(N)c1. The van der Waals surface area contributed by atoms with Crippen LogP contribution < -0.4 is 11.1 Å². The number of carbonyl (C=O) groups excluding carboxylic acids is 1. The zero-order valence-electron chi connectivity index (χ0n) is 11.1. The topological polar surface area (TPSA) is 92.5 Å². The lowest BCUT2D eigenvalue weighted by atomic mass is 10.3. The molecule has 19 heavy (non-hydrogen) atoms. The van der Waals surface area contributed by atoms with Crippen molar-refractivity contribution in [3.63, 3.8) is 0 Å². The van der Waals surface area contributed by atoms with E-state index in [0.29, 0.717) is 12.2 Å². The Morgan fingerprint density at radius 1 is 1.42 bits per heavy atom. The summed E-state index contributed by atoms with van der Waals surface area (Å²) in [6.07, 6.45) is 0.803. The maximum atomic E-state index is 12.2. The van der Waals surface area contributed by atoms with Crippen LogP contribution in [0.15, 0.2) is 29.2 Å². The fraction of sp³-hybridized carbons (Fsp3) is 0.417. The molecule has 1 rings (SSSR count). The summed E-state index contributed by atoms with van der Waals surface area (Å²) in [6.45, 7) is 2.25. The van der Waals surface area contributed by atoms with E-state index < -0.39 is 10.0 Å². The Morgan fingerprint density at radius 2 is 2.11 bits per heavy atom. The molecule has 1 aromatic rings. The lowest BCUT2D eigenvalue weighted by Gasteiger charge is -2.17. The molecule has 0 aliphatic carbocycles. The third kappa shape index (κ3) is 4.22. The number of nitrogens with zero attached hydrogens (tertiary/aromatic N) is 1. The molecule has 0 aliphatic rings. The number of anilines is 1. The quantitative estimate of drug-likeness (QED) is 0.741. The highest BCUT2D eigenvalue weighted by atomic mass is 32.2. The predicted molar refractivity (Wildman–Crippen MR) is 74.0 cm³/mol. The van der Waals surface area contributed by atoms with Gasteiger partial charge in [-0.1, -0.05) is 13.0 Å². The van der Waals surface area contributed by atoms with Gasteiger partial charge in [-0.3, -0.25) is 4.79 Å². The van der Waals surface area contributed by atoms with Crippen molar-refractivity contribution >= 4 is 21.6 Å². The Labute approximate surface area is 113 Å². The average molecular weight is 285 g/mol. The minimum Gasteiger partial charge on any atom is -0.399 e. The van der Waals surface area contributed by atoms with Crippen LogP contribution in [0.3, 0.4) is 0 Å². The van der Waals surface area contributed by atoms with Crippen LogP contribution in [-0.2, 0) is 14.8 Å². The zero-order chi connectivity index (χ0) is 14.5. The molecule has 1 aromatic carbocycles. The first kappa shape index (κ1) is 15.5. The van der Waals surface area contributed by atoms with Gasteiger partial charge in [-0.25, -0.2) is 8.42 Å². The minimum atomic E-state index is -3.69. The molecule has 7 heteroatoms. The summed E-state index contributed by atoms with van der Waals surface area (Å²) in [5.41, 5.74) is 5.93. The van der Waals surface area contributed by atoms with Crippen LogP contribution in [0.5, 0.6) is 0 Å². The van der Waals surface area contributed by atoms with Crippen LogP contribution in [0.1, 0.15) is 13.3 Å². The Hall–Kier alpha value is -1.60. The molecule has 0 atom stereocenters. The summed E-state index contributed by atoms with van der Waals surface area (Å²) in [6, 6.07) is 5.99. The number of rotatable bonds is 6. The number of likely N-dealkylation sites (N-methyl/N-ethyl adjacent to an activating group) is 1. The third-order valence-corrected chi connectivity index (χ3v) is 4.30. The lowest BCUT2D eigenvalue weighted by molar-refractivity contribution is -0.121. The normalized spacial score (nSPS) is 11.5. The summed E-state index contributed by atoms with van der Waals surface area (Å²) in [5, 5.41) is 2.63. The van der Waals surface area contributed by atoms with Crippen molar-refractivity contribution in [2.24, 2.45) is 0 Å². The van der Waals surface area contributed by atoms with Gasteiger partial charge in [-0.2, -0.15) is 4.31 Å². The van der Waals surface area contributed by atoms with E-state index in [0.717, 1.165) is 10.7 Å². The van der Waals surface area contributed by atoms with Crippen LogP contribution in [0, 0.1) is 0 Å². The zero-order valence-corrected chi connectivity index (χ0v) is 11.9. The second-order valence-corrected chi connectivity index (χ2v) is 6.23. The second kappa shape index (κ2) is 6.53. The van der Waals surface area contributed by atoms with Gasteiger partial charge in [-0.15, -0.1) is 0 Å². The van der Waals surface area contributed by atoms with E-state index in [9.17, 15) is 13.2 Å². The van der Waals surface area contributed by atoms with Gasteiger partial charge in [0.2, 0.25) is 15.9 Å². The molecule has 3 N–H and O–H groups in total. The summed E-state index contributed by atoms with van der Waals surface area (Å²) in [7, 11) is -2.32. The number of benzene rings is 1.